The van der Waals surface area contributed by atoms with Crippen LogP contribution in [0.15, 0.2) is 54.1 Å². The number of carbonyl (C=O) groups is 1. The van der Waals surface area contributed by atoms with E-state index in [0.29, 0.717) is 13.2 Å². The van der Waals surface area contributed by atoms with Gasteiger partial charge in [-0.15, -0.1) is 0 Å². The van der Waals surface area contributed by atoms with Gasteiger partial charge in [0.2, 0.25) is 0 Å². The van der Waals surface area contributed by atoms with Crippen molar-refractivity contribution in [2.45, 2.75) is 18.8 Å². The van der Waals surface area contributed by atoms with Gasteiger partial charge in [0.1, 0.15) is 18.2 Å². The number of nitrogens with zero attached hydrogens (tertiary/aromatic N) is 3. The monoisotopic (exact) mass is 373 g/mol. The summed E-state index contributed by atoms with van der Waals surface area (Å²) in [5.74, 6) is 2.25. The van der Waals surface area contributed by atoms with Crippen LogP contribution in [-0.2, 0) is 11.8 Å². The number of benzene rings is 2. The van der Waals surface area contributed by atoms with E-state index < -0.39 is 0 Å². The van der Waals surface area contributed by atoms with Gasteiger partial charge in [0, 0.05) is 31.6 Å². The summed E-state index contributed by atoms with van der Waals surface area (Å²) >= 11 is 0. The van der Waals surface area contributed by atoms with Crippen molar-refractivity contribution in [2.24, 2.45) is 7.05 Å². The van der Waals surface area contributed by atoms with Gasteiger partial charge in [-0.25, -0.2) is 4.98 Å². The summed E-state index contributed by atoms with van der Waals surface area (Å²) in [6, 6.07) is 16.0. The van der Waals surface area contributed by atoms with Crippen LogP contribution in [0.2, 0.25) is 0 Å². The Balaban J connectivity index is 1.39. The second kappa shape index (κ2) is 6.82. The smallest absolute Gasteiger partial charge is 0.253 e. The van der Waals surface area contributed by atoms with Crippen molar-refractivity contribution in [1.29, 1.82) is 0 Å². The first-order valence-corrected chi connectivity index (χ1v) is 9.84. The third-order valence-corrected chi connectivity index (χ3v) is 5.80. The molecule has 1 amide bonds. The number of likely N-dealkylation sites (tertiary alicyclic amines) is 1. The lowest BCUT2D eigenvalue weighted by Crippen LogP contribution is -2.41. The number of aryl methyl sites for hydroxylation is 1. The molecule has 5 nitrogen and oxygen atoms in total. The van der Waals surface area contributed by atoms with Gasteiger partial charge in [-0.1, -0.05) is 30.3 Å². The molecule has 1 unspecified atom stereocenters. The summed E-state index contributed by atoms with van der Waals surface area (Å²) in [6.07, 6.45) is 4.02. The van der Waals surface area contributed by atoms with Gasteiger partial charge in [-0.2, -0.15) is 0 Å². The molecule has 0 aliphatic carbocycles. The molecule has 1 atom stereocenters. The molecule has 2 aliphatic rings. The van der Waals surface area contributed by atoms with Gasteiger partial charge in [-0.05, 0) is 37.1 Å². The molecule has 1 saturated heterocycles. The summed E-state index contributed by atoms with van der Waals surface area (Å²) in [5, 5.41) is 0. The van der Waals surface area contributed by atoms with Crippen LogP contribution in [0.25, 0.3) is 17.1 Å². The van der Waals surface area contributed by atoms with Crippen LogP contribution in [0.3, 0.4) is 0 Å². The third kappa shape index (κ3) is 2.87. The third-order valence-electron chi connectivity index (χ3n) is 5.80. The Labute approximate surface area is 164 Å². The first kappa shape index (κ1) is 17.0. The lowest BCUT2D eigenvalue weighted by molar-refractivity contribution is -0.128. The minimum absolute atomic E-state index is 0.0815. The van der Waals surface area contributed by atoms with Crippen LogP contribution in [0.1, 0.15) is 30.1 Å². The number of piperidine rings is 1. The molecule has 3 aromatic rings. The molecular formula is C23H23N3O2. The van der Waals surface area contributed by atoms with E-state index in [2.05, 4.69) is 17.7 Å². The second-order valence-corrected chi connectivity index (χ2v) is 7.60. The minimum Gasteiger partial charge on any atom is -0.488 e. The molecule has 0 saturated carbocycles. The fourth-order valence-electron chi connectivity index (χ4n) is 4.34. The number of amides is 1. The Morgan fingerprint density at radius 2 is 1.96 bits per heavy atom. The molecule has 1 aromatic heterocycles. The zero-order valence-electron chi connectivity index (χ0n) is 16.0. The Morgan fingerprint density at radius 3 is 2.86 bits per heavy atom. The Hall–Kier alpha value is -3.08. The number of ether oxygens (including phenoxy) is 1. The van der Waals surface area contributed by atoms with Crippen molar-refractivity contribution in [3.63, 3.8) is 0 Å². The number of para-hydroxylation sites is 3. The molecule has 2 aliphatic heterocycles. The maximum absolute atomic E-state index is 13.1. The lowest BCUT2D eigenvalue weighted by atomic mass is 9.96. The topological polar surface area (TPSA) is 47.4 Å². The van der Waals surface area contributed by atoms with E-state index in [1.807, 2.05) is 53.4 Å². The van der Waals surface area contributed by atoms with Crippen molar-refractivity contribution in [1.82, 2.24) is 14.5 Å². The molecule has 5 heteroatoms. The van der Waals surface area contributed by atoms with Crippen LogP contribution in [-0.4, -0.2) is 40.1 Å². The largest absolute Gasteiger partial charge is 0.488 e. The van der Waals surface area contributed by atoms with Crippen LogP contribution in [0.4, 0.5) is 0 Å². The summed E-state index contributed by atoms with van der Waals surface area (Å²) in [5.41, 5.74) is 3.86. The summed E-state index contributed by atoms with van der Waals surface area (Å²) in [6.45, 7) is 1.83. The second-order valence-electron chi connectivity index (χ2n) is 7.60. The Bertz CT molecular complexity index is 1080. The van der Waals surface area contributed by atoms with E-state index in [9.17, 15) is 4.79 Å². The fraction of sp³-hybridized carbons (Fsp3) is 0.304. The van der Waals surface area contributed by atoms with Crippen LogP contribution in [0.5, 0.6) is 5.75 Å². The van der Waals surface area contributed by atoms with E-state index in [4.69, 9.17) is 9.72 Å². The first-order chi connectivity index (χ1) is 13.7. The SMILES string of the molecule is Cn1c(C2CCCN(C(=O)C3=Cc4ccccc4OC3)C2)nc2ccccc21. The molecule has 142 valence electrons. The predicted octanol–water partition coefficient (Wildman–Crippen LogP) is 3.76. The van der Waals surface area contributed by atoms with Crippen LogP contribution >= 0.6 is 0 Å². The van der Waals surface area contributed by atoms with Crippen molar-refractivity contribution in [2.75, 3.05) is 19.7 Å². The molecule has 5 rings (SSSR count). The number of aromatic nitrogens is 2. The molecule has 0 spiro atoms. The van der Waals surface area contributed by atoms with Gasteiger partial charge in [0.05, 0.1) is 16.6 Å². The molecule has 0 bridgehead atoms. The first-order valence-electron chi connectivity index (χ1n) is 9.84. The van der Waals surface area contributed by atoms with Gasteiger partial charge in [-0.3, -0.25) is 4.79 Å². The molecular weight excluding hydrogens is 350 g/mol. The molecule has 0 N–H and O–H groups in total. The number of hydrogen-bond donors (Lipinski definition) is 0. The highest BCUT2D eigenvalue weighted by atomic mass is 16.5. The number of fused-ring (bicyclic) bond motifs is 2. The normalized spacial score (nSPS) is 19.1. The maximum atomic E-state index is 13.1. The van der Waals surface area contributed by atoms with Crippen molar-refractivity contribution in [3.8, 4) is 5.75 Å². The van der Waals surface area contributed by atoms with Crippen molar-refractivity contribution in [3.05, 3.63) is 65.5 Å². The minimum atomic E-state index is 0.0815. The predicted molar refractivity (Wildman–Crippen MR) is 109 cm³/mol. The van der Waals surface area contributed by atoms with Gasteiger partial charge >= 0.3 is 0 Å². The maximum Gasteiger partial charge on any atom is 0.253 e. The molecule has 3 heterocycles. The zero-order valence-corrected chi connectivity index (χ0v) is 16.0. The van der Waals surface area contributed by atoms with E-state index in [0.717, 1.165) is 53.1 Å². The fourth-order valence-corrected chi connectivity index (χ4v) is 4.34. The molecule has 2 aromatic carbocycles. The standard InChI is InChI=1S/C23H23N3O2/c1-25-20-10-4-3-9-19(20)24-22(25)17-8-6-12-26(14-17)23(27)18-13-16-7-2-5-11-21(16)28-15-18/h2-5,7,9-11,13,17H,6,8,12,14-15H2,1H3. The Kier molecular flexibility index (Phi) is 4.15. The highest BCUT2D eigenvalue weighted by Crippen LogP contribution is 2.31. The Morgan fingerprint density at radius 1 is 1.14 bits per heavy atom. The summed E-state index contributed by atoms with van der Waals surface area (Å²) < 4.78 is 7.96. The highest BCUT2D eigenvalue weighted by Gasteiger charge is 2.30. The summed E-state index contributed by atoms with van der Waals surface area (Å²) in [7, 11) is 2.07. The van der Waals surface area contributed by atoms with Crippen molar-refractivity contribution < 1.29 is 9.53 Å². The van der Waals surface area contributed by atoms with E-state index in [1.54, 1.807) is 0 Å². The van der Waals surface area contributed by atoms with Gasteiger partial charge in [0.15, 0.2) is 0 Å². The van der Waals surface area contributed by atoms with E-state index >= 15 is 0 Å². The average Bonchev–Trinajstić information content (AvgIpc) is 3.10. The van der Waals surface area contributed by atoms with Gasteiger partial charge < -0.3 is 14.2 Å². The van der Waals surface area contributed by atoms with Crippen molar-refractivity contribution >= 4 is 23.0 Å². The highest BCUT2D eigenvalue weighted by molar-refractivity contribution is 5.99. The van der Waals surface area contributed by atoms with Gasteiger partial charge in [0.25, 0.3) is 5.91 Å². The number of rotatable bonds is 2. The average molecular weight is 373 g/mol. The van der Waals surface area contributed by atoms with E-state index in [-0.39, 0.29) is 11.8 Å². The van der Waals surface area contributed by atoms with Crippen LogP contribution < -0.4 is 4.74 Å². The quantitative estimate of drug-likeness (QED) is 0.687. The lowest BCUT2D eigenvalue weighted by Gasteiger charge is -2.33. The number of carbonyl (C=O) groups excluding carboxylic acids is 1. The van der Waals surface area contributed by atoms with E-state index in [1.165, 1.54) is 0 Å². The molecule has 0 radical (unpaired) electrons. The molecule has 1 fully saturated rings. The number of hydrogen-bond acceptors (Lipinski definition) is 3. The zero-order chi connectivity index (χ0) is 19.1. The molecule has 28 heavy (non-hydrogen) atoms. The summed E-state index contributed by atoms with van der Waals surface area (Å²) in [4.78, 5) is 20.0. The van der Waals surface area contributed by atoms with Crippen LogP contribution in [0, 0.1) is 0 Å². The number of imidazole rings is 1.